The van der Waals surface area contributed by atoms with Crippen molar-refractivity contribution in [2.24, 2.45) is 5.92 Å². The van der Waals surface area contributed by atoms with E-state index in [-0.39, 0.29) is 5.91 Å². The minimum Gasteiger partial charge on any atom is -0.336 e. The lowest BCUT2D eigenvalue weighted by Crippen LogP contribution is -2.44. The molecule has 7 heteroatoms. The number of rotatable bonds is 6. The number of aromatic nitrogens is 4. The molecule has 4 rings (SSSR count). The van der Waals surface area contributed by atoms with E-state index in [9.17, 15) is 4.79 Å². The molecule has 0 spiro atoms. The smallest absolute Gasteiger partial charge is 0.233 e. The summed E-state index contributed by atoms with van der Waals surface area (Å²) >= 11 is 1.45. The fourth-order valence-corrected chi connectivity index (χ4v) is 5.07. The highest BCUT2D eigenvalue weighted by Crippen LogP contribution is 2.36. The Labute approximate surface area is 171 Å². The van der Waals surface area contributed by atoms with Gasteiger partial charge >= 0.3 is 0 Å². The summed E-state index contributed by atoms with van der Waals surface area (Å²) in [6, 6.07) is 7.03. The summed E-state index contributed by atoms with van der Waals surface area (Å²) in [5.74, 6) is 1.43. The van der Waals surface area contributed by atoms with Crippen molar-refractivity contribution in [3.63, 3.8) is 0 Å². The second kappa shape index (κ2) is 8.23. The number of tetrazole rings is 1. The number of benzene rings is 1. The maximum atomic E-state index is 13.1. The van der Waals surface area contributed by atoms with E-state index >= 15 is 0 Å². The third kappa shape index (κ3) is 4.09. The minimum absolute atomic E-state index is 0.239. The van der Waals surface area contributed by atoms with Crippen LogP contribution in [0.5, 0.6) is 0 Å². The average Bonchev–Trinajstić information content (AvgIpc) is 3.40. The van der Waals surface area contributed by atoms with Gasteiger partial charge in [0.2, 0.25) is 11.1 Å². The Hall–Kier alpha value is -1.89. The standard InChI is InChI=1S/C21H29N5OS/c1-14-7-9-17(10-8-14)25(18-11-12-18)19(27)13-28-21-22-23-24-26(21)20-15(2)5-4-6-16(20)3/h4-6,14,17-18H,7-13H2,1-3H3. The zero-order valence-electron chi connectivity index (χ0n) is 17.0. The summed E-state index contributed by atoms with van der Waals surface area (Å²) in [4.78, 5) is 15.3. The van der Waals surface area contributed by atoms with E-state index in [0.29, 0.717) is 23.0 Å². The van der Waals surface area contributed by atoms with Crippen LogP contribution in [0.15, 0.2) is 23.4 Å². The van der Waals surface area contributed by atoms with Gasteiger partial charge in [0.05, 0.1) is 11.4 Å². The first-order chi connectivity index (χ1) is 13.5. The van der Waals surface area contributed by atoms with Gasteiger partial charge in [0.1, 0.15) is 0 Å². The van der Waals surface area contributed by atoms with Gasteiger partial charge in [-0.15, -0.1) is 5.10 Å². The van der Waals surface area contributed by atoms with Crippen LogP contribution in [0.4, 0.5) is 0 Å². The van der Waals surface area contributed by atoms with Crippen LogP contribution in [0.2, 0.25) is 0 Å². The van der Waals surface area contributed by atoms with E-state index in [0.717, 1.165) is 48.4 Å². The van der Waals surface area contributed by atoms with Crippen LogP contribution in [0.25, 0.3) is 5.69 Å². The predicted molar refractivity (Wildman–Crippen MR) is 111 cm³/mol. The van der Waals surface area contributed by atoms with Crippen molar-refractivity contribution < 1.29 is 4.79 Å². The number of nitrogens with zero attached hydrogens (tertiary/aromatic N) is 5. The van der Waals surface area contributed by atoms with Crippen LogP contribution in [-0.2, 0) is 4.79 Å². The van der Waals surface area contributed by atoms with E-state index in [1.807, 2.05) is 6.07 Å². The van der Waals surface area contributed by atoms with E-state index in [1.54, 1.807) is 4.68 Å². The lowest BCUT2D eigenvalue weighted by atomic mass is 9.86. The highest BCUT2D eigenvalue weighted by Gasteiger charge is 2.38. The molecule has 6 nitrogen and oxygen atoms in total. The molecular weight excluding hydrogens is 370 g/mol. The lowest BCUT2D eigenvalue weighted by Gasteiger charge is -2.36. The molecule has 0 radical (unpaired) electrons. The number of aryl methyl sites for hydroxylation is 2. The molecule has 1 aromatic heterocycles. The number of para-hydroxylation sites is 1. The Bertz CT molecular complexity index is 819. The largest absolute Gasteiger partial charge is 0.336 e. The second-order valence-electron chi connectivity index (χ2n) is 8.35. The predicted octanol–water partition coefficient (Wildman–Crippen LogP) is 3.94. The van der Waals surface area contributed by atoms with E-state index < -0.39 is 0 Å². The molecule has 2 aliphatic carbocycles. The van der Waals surface area contributed by atoms with Crippen LogP contribution in [-0.4, -0.2) is 48.9 Å². The Morgan fingerprint density at radius 1 is 1.11 bits per heavy atom. The van der Waals surface area contributed by atoms with Crippen molar-refractivity contribution in [1.29, 1.82) is 0 Å². The number of carbonyl (C=O) groups excluding carboxylic acids is 1. The van der Waals surface area contributed by atoms with Crippen LogP contribution >= 0.6 is 11.8 Å². The molecule has 150 valence electrons. The zero-order valence-corrected chi connectivity index (χ0v) is 17.8. The molecule has 0 N–H and O–H groups in total. The van der Waals surface area contributed by atoms with Gasteiger partial charge in [-0.2, -0.15) is 4.68 Å². The van der Waals surface area contributed by atoms with Gasteiger partial charge in [-0.3, -0.25) is 4.79 Å². The maximum Gasteiger partial charge on any atom is 0.233 e. The van der Waals surface area contributed by atoms with Crippen molar-refractivity contribution in [2.45, 2.75) is 76.5 Å². The number of amides is 1. The average molecular weight is 400 g/mol. The zero-order chi connectivity index (χ0) is 19.7. The van der Waals surface area contributed by atoms with Gasteiger partial charge < -0.3 is 4.90 Å². The summed E-state index contributed by atoms with van der Waals surface area (Å²) < 4.78 is 1.77. The van der Waals surface area contributed by atoms with Crippen LogP contribution in [0, 0.1) is 19.8 Å². The molecule has 2 fully saturated rings. The molecule has 0 saturated heterocycles. The second-order valence-corrected chi connectivity index (χ2v) is 9.29. The van der Waals surface area contributed by atoms with Crippen molar-refractivity contribution in [3.05, 3.63) is 29.3 Å². The molecule has 0 atom stereocenters. The van der Waals surface area contributed by atoms with Crippen LogP contribution in [0.1, 0.15) is 56.6 Å². The first kappa shape index (κ1) is 19.4. The lowest BCUT2D eigenvalue weighted by molar-refractivity contribution is -0.132. The van der Waals surface area contributed by atoms with E-state index in [4.69, 9.17) is 0 Å². The van der Waals surface area contributed by atoms with Gasteiger partial charge in [0, 0.05) is 12.1 Å². The highest BCUT2D eigenvalue weighted by molar-refractivity contribution is 7.99. The van der Waals surface area contributed by atoms with E-state index in [1.165, 1.54) is 24.6 Å². The minimum atomic E-state index is 0.239. The van der Waals surface area contributed by atoms with Crippen molar-refractivity contribution in [1.82, 2.24) is 25.1 Å². The fraction of sp³-hybridized carbons (Fsp3) is 0.619. The third-order valence-corrected chi connectivity index (χ3v) is 6.93. The first-order valence-corrected chi connectivity index (χ1v) is 11.3. The summed E-state index contributed by atoms with van der Waals surface area (Å²) in [5.41, 5.74) is 3.25. The Kier molecular flexibility index (Phi) is 5.71. The van der Waals surface area contributed by atoms with Crippen molar-refractivity contribution >= 4 is 17.7 Å². The van der Waals surface area contributed by atoms with Gasteiger partial charge in [0.15, 0.2) is 0 Å². The summed E-state index contributed by atoms with van der Waals surface area (Å²) in [5, 5.41) is 12.9. The molecular formula is C21H29N5OS. The van der Waals surface area contributed by atoms with Crippen LogP contribution in [0.3, 0.4) is 0 Å². The SMILES string of the molecule is Cc1cccc(C)c1-n1nnnc1SCC(=O)N(C1CCC(C)CC1)C1CC1. The molecule has 1 heterocycles. The summed E-state index contributed by atoms with van der Waals surface area (Å²) in [6.45, 7) is 6.44. The quantitative estimate of drug-likeness (QED) is 0.689. The van der Waals surface area contributed by atoms with Crippen molar-refractivity contribution in [3.8, 4) is 5.69 Å². The fourth-order valence-electron chi connectivity index (χ4n) is 4.33. The van der Waals surface area contributed by atoms with Gasteiger partial charge in [-0.05, 0) is 79.8 Å². The van der Waals surface area contributed by atoms with Gasteiger partial charge in [-0.1, -0.05) is 36.9 Å². The monoisotopic (exact) mass is 399 g/mol. The van der Waals surface area contributed by atoms with Gasteiger partial charge in [0.25, 0.3) is 0 Å². The topological polar surface area (TPSA) is 63.9 Å². The number of hydrogen-bond acceptors (Lipinski definition) is 5. The van der Waals surface area contributed by atoms with Gasteiger partial charge in [-0.25, -0.2) is 0 Å². The molecule has 1 aromatic carbocycles. The molecule has 28 heavy (non-hydrogen) atoms. The molecule has 2 aliphatic rings. The molecule has 0 bridgehead atoms. The molecule has 0 unspecified atom stereocenters. The van der Waals surface area contributed by atoms with E-state index in [2.05, 4.69) is 53.3 Å². The molecule has 0 aliphatic heterocycles. The summed E-state index contributed by atoms with van der Waals surface area (Å²) in [6.07, 6.45) is 7.08. The van der Waals surface area contributed by atoms with Crippen molar-refractivity contribution in [2.75, 3.05) is 5.75 Å². The number of hydrogen-bond donors (Lipinski definition) is 0. The number of thioether (sulfide) groups is 1. The third-order valence-electron chi connectivity index (χ3n) is 6.02. The molecule has 2 saturated carbocycles. The number of carbonyl (C=O) groups is 1. The Balaban J connectivity index is 1.46. The normalized spacial score (nSPS) is 22.2. The first-order valence-electron chi connectivity index (χ1n) is 10.3. The summed E-state index contributed by atoms with van der Waals surface area (Å²) in [7, 11) is 0. The Morgan fingerprint density at radius 3 is 2.32 bits per heavy atom. The molecule has 2 aromatic rings. The van der Waals surface area contributed by atoms with Crippen LogP contribution < -0.4 is 0 Å². The Morgan fingerprint density at radius 2 is 1.71 bits per heavy atom. The molecule has 1 amide bonds. The maximum absolute atomic E-state index is 13.1. The highest BCUT2D eigenvalue weighted by atomic mass is 32.2.